The molecule has 2 aromatic heterocycles. The number of fused-ring (bicyclic) bond motifs is 1. The summed E-state index contributed by atoms with van der Waals surface area (Å²) in [5, 5.41) is 9.33. The summed E-state index contributed by atoms with van der Waals surface area (Å²) in [5.41, 5.74) is 3.48. The molecule has 1 amide bonds. The Hall–Kier alpha value is -2.80. The molecule has 0 saturated heterocycles. The number of rotatable bonds is 6. The van der Waals surface area contributed by atoms with Crippen molar-refractivity contribution in [3.05, 3.63) is 66.1 Å². The molecule has 0 unspecified atom stereocenters. The minimum absolute atomic E-state index is 0.119. The lowest BCUT2D eigenvalue weighted by Gasteiger charge is -2.28. The van der Waals surface area contributed by atoms with Gasteiger partial charge in [0.2, 0.25) is 5.91 Å². The van der Waals surface area contributed by atoms with Gasteiger partial charge >= 0.3 is 0 Å². The van der Waals surface area contributed by atoms with Crippen LogP contribution in [0.15, 0.2) is 58.8 Å². The van der Waals surface area contributed by atoms with Gasteiger partial charge in [0.1, 0.15) is 5.76 Å². The summed E-state index contributed by atoms with van der Waals surface area (Å²) >= 11 is 1.41. The molecule has 1 aliphatic rings. The van der Waals surface area contributed by atoms with E-state index >= 15 is 0 Å². The van der Waals surface area contributed by atoms with E-state index in [1.54, 1.807) is 12.3 Å². The Morgan fingerprint density at radius 1 is 1.29 bits per heavy atom. The number of thioether (sulfide) groups is 1. The first-order valence-corrected chi connectivity index (χ1v) is 10.2. The lowest BCUT2D eigenvalue weighted by Crippen LogP contribution is -2.37. The van der Waals surface area contributed by atoms with E-state index in [0.717, 1.165) is 30.1 Å². The second-order valence-corrected chi connectivity index (χ2v) is 7.66. The van der Waals surface area contributed by atoms with E-state index < -0.39 is 0 Å². The van der Waals surface area contributed by atoms with Gasteiger partial charge in [-0.1, -0.05) is 42.1 Å². The van der Waals surface area contributed by atoms with Crippen LogP contribution in [0, 0.1) is 6.92 Å². The Balaban J connectivity index is 1.46. The van der Waals surface area contributed by atoms with E-state index in [2.05, 4.69) is 35.0 Å². The van der Waals surface area contributed by atoms with Gasteiger partial charge < -0.3 is 9.32 Å². The Bertz CT molecular complexity index is 1010. The minimum Gasteiger partial charge on any atom is -0.469 e. The van der Waals surface area contributed by atoms with Gasteiger partial charge in [0, 0.05) is 19.6 Å². The Kier molecular flexibility index (Phi) is 5.34. The van der Waals surface area contributed by atoms with Crippen molar-refractivity contribution in [2.75, 3.05) is 12.3 Å². The molecular formula is C21H22N4O2S. The number of hydrogen-bond acceptors (Lipinski definition) is 5. The highest BCUT2D eigenvalue weighted by molar-refractivity contribution is 7.99. The zero-order valence-corrected chi connectivity index (χ0v) is 16.6. The fourth-order valence-electron chi connectivity index (χ4n) is 3.43. The molecule has 0 bridgehead atoms. The fraction of sp³-hybridized carbons (Fsp3) is 0.286. The molecule has 0 fully saturated rings. The SMILES string of the molecule is C=CCn1c(SCC(=O)N2CCc3ccccc3C2)nnc1-c1ccoc1C. The largest absolute Gasteiger partial charge is 0.469 e. The number of carbonyl (C=O) groups excluding carboxylic acids is 1. The van der Waals surface area contributed by atoms with E-state index in [0.29, 0.717) is 24.0 Å². The van der Waals surface area contributed by atoms with Crippen molar-refractivity contribution in [1.29, 1.82) is 0 Å². The van der Waals surface area contributed by atoms with Gasteiger partial charge in [-0.2, -0.15) is 0 Å². The van der Waals surface area contributed by atoms with Gasteiger partial charge in [0.15, 0.2) is 11.0 Å². The molecule has 1 aromatic carbocycles. The zero-order chi connectivity index (χ0) is 19.5. The molecule has 7 heteroatoms. The average Bonchev–Trinajstić information content (AvgIpc) is 3.31. The van der Waals surface area contributed by atoms with Crippen molar-refractivity contribution in [3.63, 3.8) is 0 Å². The number of aromatic nitrogens is 3. The molecule has 0 saturated carbocycles. The van der Waals surface area contributed by atoms with Crippen molar-refractivity contribution in [3.8, 4) is 11.4 Å². The maximum absolute atomic E-state index is 12.8. The Morgan fingerprint density at radius 3 is 2.86 bits per heavy atom. The van der Waals surface area contributed by atoms with Crippen molar-refractivity contribution in [2.45, 2.75) is 31.6 Å². The first-order valence-electron chi connectivity index (χ1n) is 9.23. The molecule has 3 heterocycles. The van der Waals surface area contributed by atoms with Crippen LogP contribution in [0.4, 0.5) is 0 Å². The van der Waals surface area contributed by atoms with Gasteiger partial charge in [0.05, 0.1) is 17.6 Å². The van der Waals surface area contributed by atoms with Crippen LogP contribution in [-0.2, 0) is 24.3 Å². The normalized spacial score (nSPS) is 13.4. The van der Waals surface area contributed by atoms with Crippen LogP contribution < -0.4 is 0 Å². The van der Waals surface area contributed by atoms with Crippen LogP contribution in [0.5, 0.6) is 0 Å². The maximum atomic E-state index is 12.8. The summed E-state index contributed by atoms with van der Waals surface area (Å²) in [6.07, 6.45) is 4.35. The van der Waals surface area contributed by atoms with Crippen LogP contribution in [-0.4, -0.2) is 37.9 Å². The Morgan fingerprint density at radius 2 is 2.11 bits per heavy atom. The number of aryl methyl sites for hydroxylation is 1. The Labute approximate surface area is 168 Å². The lowest BCUT2D eigenvalue weighted by atomic mass is 10.00. The first kappa shape index (κ1) is 18.6. The molecule has 28 heavy (non-hydrogen) atoms. The number of amides is 1. The lowest BCUT2D eigenvalue weighted by molar-refractivity contribution is -0.129. The van der Waals surface area contributed by atoms with Crippen molar-refractivity contribution >= 4 is 17.7 Å². The molecule has 0 radical (unpaired) electrons. The summed E-state index contributed by atoms with van der Waals surface area (Å²) in [6, 6.07) is 10.2. The van der Waals surface area contributed by atoms with Gasteiger partial charge in [-0.25, -0.2) is 0 Å². The number of hydrogen-bond donors (Lipinski definition) is 0. The number of allylic oxidation sites excluding steroid dienone is 1. The molecule has 0 spiro atoms. The molecule has 144 valence electrons. The average molecular weight is 395 g/mol. The molecule has 1 aliphatic heterocycles. The molecule has 4 rings (SSSR count). The quantitative estimate of drug-likeness (QED) is 0.471. The number of benzene rings is 1. The smallest absolute Gasteiger partial charge is 0.233 e. The van der Waals surface area contributed by atoms with Crippen LogP contribution in [0.1, 0.15) is 16.9 Å². The van der Waals surface area contributed by atoms with Crippen LogP contribution in [0.3, 0.4) is 0 Å². The highest BCUT2D eigenvalue weighted by Crippen LogP contribution is 2.27. The summed E-state index contributed by atoms with van der Waals surface area (Å²) in [6.45, 7) is 7.73. The molecule has 0 aliphatic carbocycles. The van der Waals surface area contributed by atoms with Crippen LogP contribution in [0.2, 0.25) is 0 Å². The monoisotopic (exact) mass is 394 g/mol. The number of furan rings is 1. The standard InChI is InChI=1S/C21H22N4O2S/c1-3-10-25-20(18-9-12-27-15(18)2)22-23-21(25)28-14-19(26)24-11-8-16-6-4-5-7-17(16)13-24/h3-7,9,12H,1,8,10-11,13-14H2,2H3. The van der Waals surface area contributed by atoms with Gasteiger partial charge in [0.25, 0.3) is 0 Å². The van der Waals surface area contributed by atoms with Gasteiger partial charge in [-0.15, -0.1) is 16.8 Å². The number of carbonyl (C=O) groups is 1. The van der Waals surface area contributed by atoms with Gasteiger partial charge in [-0.3, -0.25) is 9.36 Å². The fourth-order valence-corrected chi connectivity index (χ4v) is 4.28. The van der Waals surface area contributed by atoms with E-state index in [1.165, 1.54) is 22.9 Å². The summed E-state index contributed by atoms with van der Waals surface area (Å²) in [4.78, 5) is 14.7. The molecular weight excluding hydrogens is 372 g/mol. The first-order chi connectivity index (χ1) is 13.7. The van der Waals surface area contributed by atoms with Crippen molar-refractivity contribution in [2.24, 2.45) is 0 Å². The third kappa shape index (κ3) is 3.62. The summed E-state index contributed by atoms with van der Waals surface area (Å²) in [5.74, 6) is 1.97. The minimum atomic E-state index is 0.119. The van der Waals surface area contributed by atoms with Crippen molar-refractivity contribution in [1.82, 2.24) is 19.7 Å². The maximum Gasteiger partial charge on any atom is 0.233 e. The van der Waals surface area contributed by atoms with Gasteiger partial charge in [-0.05, 0) is 30.5 Å². The second kappa shape index (κ2) is 8.06. The molecule has 6 nitrogen and oxygen atoms in total. The van der Waals surface area contributed by atoms with Crippen LogP contribution in [0.25, 0.3) is 11.4 Å². The highest BCUT2D eigenvalue weighted by atomic mass is 32.2. The molecule has 0 N–H and O–H groups in total. The predicted molar refractivity (Wildman–Crippen MR) is 109 cm³/mol. The second-order valence-electron chi connectivity index (χ2n) is 6.72. The third-order valence-corrected chi connectivity index (χ3v) is 5.89. The van der Waals surface area contributed by atoms with E-state index in [4.69, 9.17) is 4.42 Å². The van der Waals surface area contributed by atoms with E-state index in [-0.39, 0.29) is 5.91 Å². The predicted octanol–water partition coefficient (Wildman–Crippen LogP) is 3.71. The third-order valence-electron chi connectivity index (χ3n) is 4.94. The number of nitrogens with zero attached hydrogens (tertiary/aromatic N) is 4. The molecule has 3 aromatic rings. The van der Waals surface area contributed by atoms with E-state index in [1.807, 2.05) is 28.5 Å². The summed E-state index contributed by atoms with van der Waals surface area (Å²) < 4.78 is 7.36. The van der Waals surface area contributed by atoms with Crippen molar-refractivity contribution < 1.29 is 9.21 Å². The summed E-state index contributed by atoms with van der Waals surface area (Å²) in [7, 11) is 0. The topological polar surface area (TPSA) is 64.2 Å². The molecule has 0 atom stereocenters. The highest BCUT2D eigenvalue weighted by Gasteiger charge is 2.22. The van der Waals surface area contributed by atoms with E-state index in [9.17, 15) is 4.79 Å². The van der Waals surface area contributed by atoms with Crippen LogP contribution >= 0.6 is 11.8 Å². The zero-order valence-electron chi connectivity index (χ0n) is 15.8.